The topological polar surface area (TPSA) is 108 Å². The fraction of sp³-hybridized carbons (Fsp3) is 0.583. The van der Waals surface area contributed by atoms with Crippen LogP contribution in [0.1, 0.15) is 50.4 Å². The average molecular weight is 473 g/mol. The number of imide groups is 1. The van der Waals surface area contributed by atoms with Gasteiger partial charge in [-0.2, -0.15) is 0 Å². The fourth-order valence-electron chi connectivity index (χ4n) is 4.73. The standard InChI is InChI=1S/C24H32N4O6/c1-23(2,3)34-22(32)27-14-24(15-27)8-11-26(12-9-24)20(30)16-5-6-18(33-4)17(13-16)28-10-7-19(29)25-21(28)31/h5-6,13H,7-12,14-15H2,1-4H3,(H,25,29,31). The van der Waals surface area contributed by atoms with Crippen molar-refractivity contribution in [1.29, 1.82) is 0 Å². The molecule has 3 aliphatic heterocycles. The monoisotopic (exact) mass is 472 g/mol. The minimum Gasteiger partial charge on any atom is -0.495 e. The molecule has 1 spiro atoms. The molecule has 184 valence electrons. The van der Waals surface area contributed by atoms with E-state index in [1.165, 1.54) is 12.0 Å². The van der Waals surface area contributed by atoms with Crippen LogP contribution in [0.2, 0.25) is 0 Å². The molecule has 1 aromatic carbocycles. The lowest BCUT2D eigenvalue weighted by Gasteiger charge is -2.53. The van der Waals surface area contributed by atoms with Crippen molar-refractivity contribution in [1.82, 2.24) is 15.1 Å². The number of ether oxygens (including phenoxy) is 2. The summed E-state index contributed by atoms with van der Waals surface area (Å²) in [6.45, 7) is 8.28. The number of nitrogens with zero attached hydrogens (tertiary/aromatic N) is 3. The zero-order chi connectivity index (χ0) is 24.7. The van der Waals surface area contributed by atoms with Crippen molar-refractivity contribution in [3.63, 3.8) is 0 Å². The van der Waals surface area contributed by atoms with E-state index >= 15 is 0 Å². The van der Waals surface area contributed by atoms with Crippen LogP contribution < -0.4 is 15.0 Å². The molecule has 0 bridgehead atoms. The number of anilines is 1. The molecule has 3 aliphatic rings. The quantitative estimate of drug-likeness (QED) is 0.725. The van der Waals surface area contributed by atoms with Gasteiger partial charge < -0.3 is 19.3 Å². The van der Waals surface area contributed by atoms with Crippen LogP contribution >= 0.6 is 0 Å². The molecular formula is C24H32N4O6. The minimum atomic E-state index is -0.529. The van der Waals surface area contributed by atoms with Crippen molar-refractivity contribution < 1.29 is 28.7 Å². The number of carbonyl (C=O) groups is 4. The number of benzene rings is 1. The molecule has 4 rings (SSSR count). The van der Waals surface area contributed by atoms with E-state index in [1.807, 2.05) is 25.7 Å². The molecule has 0 aliphatic carbocycles. The molecule has 0 saturated carbocycles. The van der Waals surface area contributed by atoms with Gasteiger partial charge in [-0.25, -0.2) is 9.59 Å². The summed E-state index contributed by atoms with van der Waals surface area (Å²) >= 11 is 0. The molecule has 1 N–H and O–H groups in total. The van der Waals surface area contributed by atoms with Crippen LogP contribution in [0, 0.1) is 5.41 Å². The summed E-state index contributed by atoms with van der Waals surface area (Å²) in [6.07, 6.45) is 1.53. The number of nitrogens with one attached hydrogen (secondary N) is 1. The second kappa shape index (κ2) is 8.81. The van der Waals surface area contributed by atoms with E-state index in [4.69, 9.17) is 9.47 Å². The van der Waals surface area contributed by atoms with Gasteiger partial charge in [0.25, 0.3) is 5.91 Å². The Balaban J connectivity index is 1.39. The number of amides is 5. The van der Waals surface area contributed by atoms with Gasteiger partial charge in [-0.15, -0.1) is 0 Å². The van der Waals surface area contributed by atoms with Crippen LogP contribution in [0.15, 0.2) is 18.2 Å². The average Bonchev–Trinajstić information content (AvgIpc) is 2.75. The maximum Gasteiger partial charge on any atom is 0.410 e. The summed E-state index contributed by atoms with van der Waals surface area (Å²) in [5, 5.41) is 2.30. The molecule has 10 heteroatoms. The van der Waals surface area contributed by atoms with Gasteiger partial charge in [0.2, 0.25) is 5.91 Å². The van der Waals surface area contributed by atoms with Crippen LogP contribution in [0.4, 0.5) is 15.3 Å². The van der Waals surface area contributed by atoms with Crippen LogP contribution in [0.3, 0.4) is 0 Å². The second-order valence-corrected chi connectivity index (χ2v) is 10.3. The summed E-state index contributed by atoms with van der Waals surface area (Å²) in [6, 6.07) is 4.48. The van der Waals surface area contributed by atoms with Gasteiger partial charge in [0.15, 0.2) is 0 Å². The van der Waals surface area contributed by atoms with E-state index in [0.717, 1.165) is 12.8 Å². The number of piperidine rings is 1. The van der Waals surface area contributed by atoms with E-state index in [0.29, 0.717) is 43.2 Å². The molecule has 0 unspecified atom stereocenters. The molecule has 0 aromatic heterocycles. The summed E-state index contributed by atoms with van der Waals surface area (Å²) < 4.78 is 10.8. The zero-order valence-electron chi connectivity index (χ0n) is 20.2. The highest BCUT2D eigenvalue weighted by molar-refractivity contribution is 6.07. The predicted octanol–water partition coefficient (Wildman–Crippen LogP) is 2.61. The van der Waals surface area contributed by atoms with E-state index in [-0.39, 0.29) is 36.3 Å². The van der Waals surface area contributed by atoms with Crippen LogP contribution in [-0.2, 0) is 9.53 Å². The van der Waals surface area contributed by atoms with Crippen LogP contribution in [-0.4, -0.2) is 79.2 Å². The van der Waals surface area contributed by atoms with E-state index in [9.17, 15) is 19.2 Å². The first kappa shape index (κ1) is 23.8. The normalized spacial score (nSPS) is 20.1. The molecule has 3 fully saturated rings. The maximum absolute atomic E-state index is 13.2. The van der Waals surface area contributed by atoms with Gasteiger partial charge >= 0.3 is 12.1 Å². The third kappa shape index (κ3) is 4.80. The Hall–Kier alpha value is -3.30. The number of carbonyl (C=O) groups excluding carboxylic acids is 4. The first-order valence-electron chi connectivity index (χ1n) is 11.6. The van der Waals surface area contributed by atoms with E-state index in [2.05, 4.69) is 5.32 Å². The zero-order valence-corrected chi connectivity index (χ0v) is 20.2. The summed E-state index contributed by atoms with van der Waals surface area (Å²) in [7, 11) is 1.50. The number of rotatable bonds is 3. The number of likely N-dealkylation sites (tertiary alicyclic amines) is 2. The van der Waals surface area contributed by atoms with E-state index < -0.39 is 11.6 Å². The van der Waals surface area contributed by atoms with Crippen molar-refractivity contribution in [3.05, 3.63) is 23.8 Å². The lowest BCUT2D eigenvalue weighted by molar-refractivity contribution is -0.120. The summed E-state index contributed by atoms with van der Waals surface area (Å²) in [5.74, 6) is 0.0156. The van der Waals surface area contributed by atoms with E-state index in [1.54, 1.807) is 23.1 Å². The Labute approximate surface area is 199 Å². The van der Waals surface area contributed by atoms with Crippen LogP contribution in [0.5, 0.6) is 5.75 Å². The van der Waals surface area contributed by atoms with Crippen LogP contribution in [0.25, 0.3) is 0 Å². The Morgan fingerprint density at radius 3 is 2.29 bits per heavy atom. The number of methoxy groups -OCH3 is 1. The SMILES string of the molecule is COc1ccc(C(=O)N2CCC3(CC2)CN(C(=O)OC(C)(C)C)C3)cc1N1CCC(=O)NC1=O. The van der Waals surface area contributed by atoms with Crippen molar-refractivity contribution in [2.75, 3.05) is 44.7 Å². The molecule has 1 aromatic rings. The minimum absolute atomic E-state index is 0.0389. The first-order chi connectivity index (χ1) is 16.0. The van der Waals surface area contributed by atoms with Gasteiger partial charge in [-0.1, -0.05) is 0 Å². The summed E-state index contributed by atoms with van der Waals surface area (Å²) in [4.78, 5) is 54.3. The summed E-state index contributed by atoms with van der Waals surface area (Å²) in [5.41, 5.74) is 0.438. The third-order valence-corrected chi connectivity index (χ3v) is 6.59. The van der Waals surface area contributed by atoms with Crippen molar-refractivity contribution >= 4 is 29.6 Å². The lowest BCUT2D eigenvalue weighted by atomic mass is 9.72. The maximum atomic E-state index is 13.2. The predicted molar refractivity (Wildman–Crippen MR) is 124 cm³/mol. The smallest absolute Gasteiger partial charge is 0.410 e. The van der Waals surface area contributed by atoms with Gasteiger partial charge in [0, 0.05) is 50.1 Å². The largest absolute Gasteiger partial charge is 0.495 e. The number of urea groups is 1. The lowest BCUT2D eigenvalue weighted by Crippen LogP contribution is -2.62. The van der Waals surface area contributed by atoms with Crippen molar-refractivity contribution in [2.45, 2.75) is 45.6 Å². The Kier molecular flexibility index (Phi) is 6.18. The Morgan fingerprint density at radius 2 is 1.71 bits per heavy atom. The molecule has 0 atom stereocenters. The Morgan fingerprint density at radius 1 is 1.03 bits per heavy atom. The first-order valence-corrected chi connectivity index (χ1v) is 11.6. The Bertz CT molecular complexity index is 1000. The molecule has 34 heavy (non-hydrogen) atoms. The third-order valence-electron chi connectivity index (χ3n) is 6.59. The van der Waals surface area contributed by atoms with Crippen molar-refractivity contribution in [2.24, 2.45) is 5.41 Å². The molecule has 10 nitrogen and oxygen atoms in total. The van der Waals surface area contributed by atoms with Crippen molar-refractivity contribution in [3.8, 4) is 5.75 Å². The highest BCUT2D eigenvalue weighted by Crippen LogP contribution is 2.41. The highest BCUT2D eigenvalue weighted by atomic mass is 16.6. The molecule has 5 amide bonds. The van der Waals surface area contributed by atoms with Gasteiger partial charge in [0.05, 0.1) is 12.8 Å². The number of hydrogen-bond donors (Lipinski definition) is 1. The fourth-order valence-corrected chi connectivity index (χ4v) is 4.73. The number of hydrogen-bond acceptors (Lipinski definition) is 6. The second-order valence-electron chi connectivity index (χ2n) is 10.3. The van der Waals surface area contributed by atoms with Gasteiger partial charge in [-0.05, 0) is 51.8 Å². The highest BCUT2D eigenvalue weighted by Gasteiger charge is 2.48. The molecule has 3 saturated heterocycles. The molecular weight excluding hydrogens is 440 g/mol. The van der Waals surface area contributed by atoms with Gasteiger partial charge in [0.1, 0.15) is 11.4 Å². The molecule has 3 heterocycles. The van der Waals surface area contributed by atoms with Gasteiger partial charge in [-0.3, -0.25) is 19.8 Å². The molecule has 0 radical (unpaired) electrons.